The van der Waals surface area contributed by atoms with Gasteiger partial charge in [0.15, 0.2) is 5.96 Å². The Labute approximate surface area is 188 Å². The predicted molar refractivity (Wildman–Crippen MR) is 131 cm³/mol. The Morgan fingerprint density at radius 2 is 1.83 bits per heavy atom. The van der Waals surface area contributed by atoms with E-state index in [2.05, 4.69) is 71.1 Å². The van der Waals surface area contributed by atoms with Crippen molar-refractivity contribution in [2.75, 3.05) is 71.2 Å². The van der Waals surface area contributed by atoms with Crippen LogP contribution >= 0.6 is 11.8 Å². The average Bonchev–Trinajstić information content (AvgIpc) is 3.25. The zero-order valence-electron chi connectivity index (χ0n) is 19.2. The topological polar surface area (TPSA) is 34.1 Å². The summed E-state index contributed by atoms with van der Waals surface area (Å²) in [5, 5.41) is 3.54. The summed E-state index contributed by atoms with van der Waals surface area (Å²) in [5.74, 6) is 3.65. The summed E-state index contributed by atoms with van der Waals surface area (Å²) in [6.45, 7) is 18.1. The lowest BCUT2D eigenvalue weighted by molar-refractivity contribution is 0.125. The molecule has 1 aromatic carbocycles. The standard InChI is InChI=1S/C24H41N5S/c1-4-25-24(26-17-21(3)18-28-15-13-27(5-2)14-16-28)29-12-11-22(19-29)20-30-23-9-7-6-8-10-23/h6-10,21-22H,4-5,11-20H2,1-3H3,(H,25,26). The van der Waals surface area contributed by atoms with Crippen LogP contribution in [0.25, 0.3) is 0 Å². The second-order valence-electron chi connectivity index (χ2n) is 8.76. The van der Waals surface area contributed by atoms with Crippen LogP contribution in [-0.2, 0) is 0 Å². The molecule has 1 N–H and O–H groups in total. The van der Waals surface area contributed by atoms with Crippen LogP contribution in [-0.4, -0.2) is 91.9 Å². The number of hydrogen-bond donors (Lipinski definition) is 1. The third-order valence-electron chi connectivity index (χ3n) is 6.18. The van der Waals surface area contributed by atoms with Crippen molar-refractivity contribution < 1.29 is 0 Å². The van der Waals surface area contributed by atoms with Gasteiger partial charge in [0.25, 0.3) is 0 Å². The quantitative estimate of drug-likeness (QED) is 0.368. The highest BCUT2D eigenvalue weighted by molar-refractivity contribution is 7.99. The van der Waals surface area contributed by atoms with Gasteiger partial charge in [0.05, 0.1) is 0 Å². The van der Waals surface area contributed by atoms with Crippen molar-refractivity contribution in [1.82, 2.24) is 20.0 Å². The van der Waals surface area contributed by atoms with Crippen LogP contribution in [0, 0.1) is 11.8 Å². The molecule has 2 aliphatic heterocycles. The van der Waals surface area contributed by atoms with Crippen LogP contribution in [0.3, 0.4) is 0 Å². The van der Waals surface area contributed by atoms with E-state index in [1.165, 1.54) is 49.8 Å². The smallest absolute Gasteiger partial charge is 0.193 e. The summed E-state index contributed by atoms with van der Waals surface area (Å²) in [7, 11) is 0. The van der Waals surface area contributed by atoms with E-state index in [-0.39, 0.29) is 0 Å². The number of rotatable bonds is 9. The molecule has 6 heteroatoms. The number of nitrogens with one attached hydrogen (secondary N) is 1. The fourth-order valence-electron chi connectivity index (χ4n) is 4.35. The normalized spacial score (nSPS) is 22.4. The van der Waals surface area contributed by atoms with Crippen molar-refractivity contribution in [3.8, 4) is 0 Å². The van der Waals surface area contributed by atoms with E-state index in [1.54, 1.807) is 0 Å². The summed E-state index contributed by atoms with van der Waals surface area (Å²) in [6.07, 6.45) is 1.27. The minimum absolute atomic E-state index is 0.596. The molecule has 2 saturated heterocycles. The molecule has 168 valence electrons. The first-order valence-electron chi connectivity index (χ1n) is 11.8. The Morgan fingerprint density at radius 1 is 1.10 bits per heavy atom. The molecule has 0 aliphatic carbocycles. The lowest BCUT2D eigenvalue weighted by Crippen LogP contribution is -2.47. The molecule has 2 heterocycles. The van der Waals surface area contributed by atoms with E-state index >= 15 is 0 Å². The molecule has 2 atom stereocenters. The Hall–Kier alpha value is -1.24. The van der Waals surface area contributed by atoms with Gasteiger partial charge in [-0.25, -0.2) is 0 Å². The molecule has 2 fully saturated rings. The van der Waals surface area contributed by atoms with Crippen molar-refractivity contribution in [2.45, 2.75) is 32.1 Å². The zero-order valence-corrected chi connectivity index (χ0v) is 20.0. The molecule has 0 aromatic heterocycles. The second kappa shape index (κ2) is 12.6. The zero-order chi connectivity index (χ0) is 21.2. The van der Waals surface area contributed by atoms with E-state index in [1.807, 2.05) is 11.8 Å². The van der Waals surface area contributed by atoms with Crippen molar-refractivity contribution >= 4 is 17.7 Å². The maximum atomic E-state index is 5.03. The number of benzene rings is 1. The van der Waals surface area contributed by atoms with E-state index < -0.39 is 0 Å². The van der Waals surface area contributed by atoms with Crippen LogP contribution in [0.15, 0.2) is 40.2 Å². The van der Waals surface area contributed by atoms with Crippen LogP contribution < -0.4 is 5.32 Å². The van der Waals surface area contributed by atoms with Crippen LogP contribution in [0.5, 0.6) is 0 Å². The first-order chi connectivity index (χ1) is 14.7. The number of guanidine groups is 1. The number of thioether (sulfide) groups is 1. The first kappa shape index (κ1) is 23.4. The van der Waals surface area contributed by atoms with E-state index in [0.29, 0.717) is 5.92 Å². The molecule has 0 spiro atoms. The summed E-state index contributed by atoms with van der Waals surface area (Å²) >= 11 is 1.99. The van der Waals surface area contributed by atoms with Crippen LogP contribution in [0.2, 0.25) is 0 Å². The molecule has 0 amide bonds. The van der Waals surface area contributed by atoms with Gasteiger partial charge in [-0.15, -0.1) is 11.8 Å². The average molecular weight is 432 g/mol. The fraction of sp³-hybridized carbons (Fsp3) is 0.708. The molecule has 1 aromatic rings. The number of piperazine rings is 1. The first-order valence-corrected chi connectivity index (χ1v) is 12.8. The van der Waals surface area contributed by atoms with Gasteiger partial charge in [-0.1, -0.05) is 32.0 Å². The van der Waals surface area contributed by atoms with Crippen molar-refractivity contribution in [3.05, 3.63) is 30.3 Å². The summed E-state index contributed by atoms with van der Waals surface area (Å²) in [5.41, 5.74) is 0. The highest BCUT2D eigenvalue weighted by atomic mass is 32.2. The maximum absolute atomic E-state index is 5.03. The monoisotopic (exact) mass is 431 g/mol. The number of likely N-dealkylation sites (N-methyl/N-ethyl adjacent to an activating group) is 1. The van der Waals surface area contributed by atoms with Gasteiger partial charge in [0, 0.05) is 69.6 Å². The van der Waals surface area contributed by atoms with E-state index in [9.17, 15) is 0 Å². The van der Waals surface area contributed by atoms with Crippen molar-refractivity contribution in [3.63, 3.8) is 0 Å². The Balaban J connectivity index is 1.43. The lowest BCUT2D eigenvalue weighted by atomic mass is 10.1. The summed E-state index contributed by atoms with van der Waals surface area (Å²) in [4.78, 5) is 14.1. The van der Waals surface area contributed by atoms with Crippen LogP contribution in [0.4, 0.5) is 0 Å². The molecule has 2 aliphatic rings. The van der Waals surface area contributed by atoms with Gasteiger partial charge in [0.2, 0.25) is 0 Å². The van der Waals surface area contributed by atoms with E-state index in [4.69, 9.17) is 4.99 Å². The highest BCUT2D eigenvalue weighted by Gasteiger charge is 2.25. The Morgan fingerprint density at radius 3 is 2.53 bits per heavy atom. The van der Waals surface area contributed by atoms with Gasteiger partial charge in [-0.3, -0.25) is 4.99 Å². The van der Waals surface area contributed by atoms with E-state index in [0.717, 1.165) is 44.6 Å². The third kappa shape index (κ3) is 7.47. The Kier molecular flexibility index (Phi) is 9.82. The van der Waals surface area contributed by atoms with Crippen molar-refractivity contribution in [1.29, 1.82) is 0 Å². The Bertz CT molecular complexity index is 630. The van der Waals surface area contributed by atoms with Gasteiger partial charge in [-0.05, 0) is 43.9 Å². The molecular weight excluding hydrogens is 390 g/mol. The molecule has 3 rings (SSSR count). The molecule has 0 saturated carbocycles. The number of nitrogens with zero attached hydrogens (tertiary/aromatic N) is 4. The molecule has 2 unspecified atom stereocenters. The second-order valence-corrected chi connectivity index (χ2v) is 9.85. The number of likely N-dealkylation sites (tertiary alicyclic amines) is 1. The molecule has 5 nitrogen and oxygen atoms in total. The van der Waals surface area contributed by atoms with Crippen LogP contribution in [0.1, 0.15) is 27.2 Å². The highest BCUT2D eigenvalue weighted by Crippen LogP contribution is 2.25. The molecule has 0 radical (unpaired) electrons. The van der Waals surface area contributed by atoms with Gasteiger partial charge in [0.1, 0.15) is 0 Å². The number of hydrogen-bond acceptors (Lipinski definition) is 4. The van der Waals surface area contributed by atoms with Gasteiger partial charge >= 0.3 is 0 Å². The number of aliphatic imine (C=N–C) groups is 1. The van der Waals surface area contributed by atoms with Gasteiger partial charge < -0.3 is 20.0 Å². The third-order valence-corrected chi connectivity index (χ3v) is 7.43. The minimum Gasteiger partial charge on any atom is -0.357 e. The molecule has 0 bridgehead atoms. The largest absolute Gasteiger partial charge is 0.357 e. The van der Waals surface area contributed by atoms with Gasteiger partial charge in [-0.2, -0.15) is 0 Å². The maximum Gasteiger partial charge on any atom is 0.193 e. The predicted octanol–water partition coefficient (Wildman–Crippen LogP) is 3.34. The summed E-state index contributed by atoms with van der Waals surface area (Å²) < 4.78 is 0. The lowest BCUT2D eigenvalue weighted by Gasteiger charge is -2.35. The molecule has 30 heavy (non-hydrogen) atoms. The van der Waals surface area contributed by atoms with Crippen molar-refractivity contribution in [2.24, 2.45) is 16.8 Å². The fourth-order valence-corrected chi connectivity index (χ4v) is 5.40. The summed E-state index contributed by atoms with van der Waals surface area (Å²) in [6, 6.07) is 10.8. The minimum atomic E-state index is 0.596. The SMILES string of the molecule is CCNC(=NCC(C)CN1CCN(CC)CC1)N1CCC(CSc2ccccc2)C1. The molecular formula is C24H41N5S.